The predicted molar refractivity (Wildman–Crippen MR) is 55.9 cm³/mol. The summed E-state index contributed by atoms with van der Waals surface area (Å²) in [5, 5.41) is 8.73. The Bertz CT molecular complexity index is 350. The van der Waals surface area contributed by atoms with Crippen LogP contribution in [-0.2, 0) is 0 Å². The monoisotopic (exact) mass is 188 g/mol. The van der Waals surface area contributed by atoms with Crippen LogP contribution in [-0.4, -0.2) is 6.61 Å². The molecule has 1 aromatic rings. The molecule has 0 spiro atoms. The summed E-state index contributed by atoms with van der Waals surface area (Å²) >= 11 is 0. The minimum absolute atomic E-state index is 0.481. The molecule has 1 radical (unpaired) electrons. The van der Waals surface area contributed by atoms with Crippen LogP contribution in [0.2, 0.25) is 0 Å². The van der Waals surface area contributed by atoms with Crippen LogP contribution in [0, 0.1) is 24.2 Å². The second-order valence-corrected chi connectivity index (χ2v) is 3.68. The smallest absolute Gasteiger partial charge is 0.120 e. The normalized spacial score (nSPS) is 9.93. The van der Waals surface area contributed by atoms with Crippen LogP contribution in [0.1, 0.15) is 25.0 Å². The number of nitrogens with zero attached hydrogens (tertiary/aromatic N) is 1. The van der Waals surface area contributed by atoms with E-state index in [2.05, 4.69) is 26.8 Å². The van der Waals surface area contributed by atoms with Crippen molar-refractivity contribution in [2.75, 3.05) is 6.61 Å². The van der Waals surface area contributed by atoms with E-state index in [1.165, 1.54) is 0 Å². The van der Waals surface area contributed by atoms with Gasteiger partial charge in [0.2, 0.25) is 0 Å². The highest BCUT2D eigenvalue weighted by Crippen LogP contribution is 2.16. The van der Waals surface area contributed by atoms with Crippen LogP contribution in [0.4, 0.5) is 0 Å². The summed E-state index contributed by atoms with van der Waals surface area (Å²) in [6, 6.07) is 7.38. The molecule has 1 aromatic carbocycles. The Labute approximate surface area is 85.1 Å². The molecule has 73 valence electrons. The lowest BCUT2D eigenvalue weighted by atomic mass is 10.1. The summed E-state index contributed by atoms with van der Waals surface area (Å²) in [6.45, 7) is 8.61. The molecule has 2 nitrogen and oxygen atoms in total. The van der Waals surface area contributed by atoms with Crippen LogP contribution < -0.4 is 4.74 Å². The van der Waals surface area contributed by atoms with Crippen LogP contribution in [0.3, 0.4) is 0 Å². The second kappa shape index (κ2) is 4.66. The number of benzene rings is 1. The summed E-state index contributed by atoms with van der Waals surface area (Å²) in [5.41, 5.74) is 1.40. The zero-order chi connectivity index (χ0) is 10.6. The van der Waals surface area contributed by atoms with Crippen molar-refractivity contribution >= 4 is 0 Å². The first-order valence-electron chi connectivity index (χ1n) is 4.61. The number of nitriles is 1. The van der Waals surface area contributed by atoms with Crippen molar-refractivity contribution in [3.05, 3.63) is 36.2 Å². The second-order valence-electron chi connectivity index (χ2n) is 3.68. The van der Waals surface area contributed by atoms with Crippen molar-refractivity contribution in [2.24, 2.45) is 5.92 Å². The third-order valence-corrected chi connectivity index (χ3v) is 1.68. The molecule has 14 heavy (non-hydrogen) atoms. The maximum atomic E-state index is 8.73. The topological polar surface area (TPSA) is 33.0 Å². The van der Waals surface area contributed by atoms with Gasteiger partial charge in [-0.1, -0.05) is 13.8 Å². The molecule has 0 amide bonds. The van der Waals surface area contributed by atoms with Gasteiger partial charge in [-0.2, -0.15) is 5.26 Å². The standard InChI is InChI=1S/C12H14NO/c1-9(2)8-14-12-5-10(3)4-11(6-12)7-13/h4-6,9H,3,8H2,1-2H3. The minimum Gasteiger partial charge on any atom is -0.493 e. The average Bonchev–Trinajstić information content (AvgIpc) is 2.14. The molecule has 0 bridgehead atoms. The molecule has 0 aliphatic rings. The van der Waals surface area contributed by atoms with Gasteiger partial charge < -0.3 is 4.74 Å². The summed E-state index contributed by atoms with van der Waals surface area (Å²) in [6.07, 6.45) is 0. The first-order valence-corrected chi connectivity index (χ1v) is 4.61. The minimum atomic E-state index is 0.481. The van der Waals surface area contributed by atoms with Gasteiger partial charge in [-0.15, -0.1) is 0 Å². The van der Waals surface area contributed by atoms with Gasteiger partial charge in [-0.05, 0) is 36.6 Å². The van der Waals surface area contributed by atoms with Crippen molar-refractivity contribution < 1.29 is 4.74 Å². The van der Waals surface area contributed by atoms with E-state index in [4.69, 9.17) is 10.00 Å². The van der Waals surface area contributed by atoms with Gasteiger partial charge in [0.15, 0.2) is 0 Å². The van der Waals surface area contributed by atoms with E-state index in [9.17, 15) is 0 Å². The van der Waals surface area contributed by atoms with Crippen molar-refractivity contribution in [3.63, 3.8) is 0 Å². The zero-order valence-electron chi connectivity index (χ0n) is 8.58. The van der Waals surface area contributed by atoms with E-state index in [0.29, 0.717) is 18.1 Å². The van der Waals surface area contributed by atoms with Gasteiger partial charge in [0.1, 0.15) is 5.75 Å². The fraction of sp³-hybridized carbons (Fsp3) is 0.333. The summed E-state index contributed by atoms with van der Waals surface area (Å²) in [5.74, 6) is 1.21. The van der Waals surface area contributed by atoms with Crippen LogP contribution >= 0.6 is 0 Å². The van der Waals surface area contributed by atoms with Gasteiger partial charge in [0.25, 0.3) is 0 Å². The fourth-order valence-electron chi connectivity index (χ4n) is 1.07. The summed E-state index contributed by atoms with van der Waals surface area (Å²) < 4.78 is 5.50. The average molecular weight is 188 g/mol. The lowest BCUT2D eigenvalue weighted by Gasteiger charge is -2.09. The Morgan fingerprint density at radius 3 is 2.71 bits per heavy atom. The molecule has 2 heteroatoms. The van der Waals surface area contributed by atoms with Gasteiger partial charge in [0, 0.05) is 0 Å². The van der Waals surface area contributed by atoms with Crippen LogP contribution in [0.5, 0.6) is 5.75 Å². The molecule has 1 rings (SSSR count). The molecule has 0 saturated heterocycles. The van der Waals surface area contributed by atoms with Crippen molar-refractivity contribution in [2.45, 2.75) is 13.8 Å². The van der Waals surface area contributed by atoms with Gasteiger partial charge in [0.05, 0.1) is 18.2 Å². The molecule has 0 aliphatic heterocycles. The number of ether oxygens (including phenoxy) is 1. The van der Waals surface area contributed by atoms with Crippen molar-refractivity contribution in [3.8, 4) is 11.8 Å². The van der Waals surface area contributed by atoms with Crippen LogP contribution in [0.25, 0.3) is 0 Å². The van der Waals surface area contributed by atoms with Gasteiger partial charge >= 0.3 is 0 Å². The predicted octanol–water partition coefficient (Wildman–Crippen LogP) is 2.78. The van der Waals surface area contributed by atoms with Gasteiger partial charge in [-0.25, -0.2) is 0 Å². The zero-order valence-corrected chi connectivity index (χ0v) is 8.58. The Morgan fingerprint density at radius 1 is 1.43 bits per heavy atom. The Balaban J connectivity index is 2.78. The van der Waals surface area contributed by atoms with E-state index >= 15 is 0 Å². The first-order chi connectivity index (χ1) is 6.61. The molecular weight excluding hydrogens is 174 g/mol. The molecule has 0 atom stereocenters. The first kappa shape index (κ1) is 10.6. The molecule has 0 aliphatic carbocycles. The molecule has 0 heterocycles. The highest BCUT2D eigenvalue weighted by Gasteiger charge is 2.00. The maximum Gasteiger partial charge on any atom is 0.120 e. The molecule has 0 unspecified atom stereocenters. The Hall–Kier alpha value is -1.49. The Morgan fingerprint density at radius 2 is 2.14 bits per heavy atom. The summed E-state index contributed by atoms with van der Waals surface area (Å²) in [7, 11) is 0. The molecular formula is C12H14NO. The molecule has 0 N–H and O–H groups in total. The van der Waals surface area contributed by atoms with E-state index in [1.54, 1.807) is 12.1 Å². The maximum absolute atomic E-state index is 8.73. The molecule has 0 aromatic heterocycles. The Kier molecular flexibility index (Phi) is 3.53. The molecule has 0 fully saturated rings. The summed E-state index contributed by atoms with van der Waals surface area (Å²) in [4.78, 5) is 0. The largest absolute Gasteiger partial charge is 0.493 e. The third-order valence-electron chi connectivity index (χ3n) is 1.68. The van der Waals surface area contributed by atoms with E-state index in [-0.39, 0.29) is 0 Å². The van der Waals surface area contributed by atoms with Crippen LogP contribution in [0.15, 0.2) is 18.2 Å². The quantitative estimate of drug-likeness (QED) is 0.730. The number of hydrogen-bond donors (Lipinski definition) is 0. The van der Waals surface area contributed by atoms with E-state index in [1.807, 2.05) is 6.07 Å². The SMILES string of the molecule is [CH2]c1cc(C#N)cc(OCC(C)C)c1. The van der Waals surface area contributed by atoms with E-state index in [0.717, 1.165) is 11.3 Å². The third kappa shape index (κ3) is 3.10. The lowest BCUT2D eigenvalue weighted by Crippen LogP contribution is -2.04. The number of hydrogen-bond acceptors (Lipinski definition) is 2. The van der Waals surface area contributed by atoms with E-state index < -0.39 is 0 Å². The molecule has 0 saturated carbocycles. The highest BCUT2D eigenvalue weighted by atomic mass is 16.5. The highest BCUT2D eigenvalue weighted by molar-refractivity contribution is 5.41. The van der Waals surface area contributed by atoms with Gasteiger partial charge in [-0.3, -0.25) is 0 Å². The lowest BCUT2D eigenvalue weighted by molar-refractivity contribution is 0.271. The fourth-order valence-corrected chi connectivity index (χ4v) is 1.07. The van der Waals surface area contributed by atoms with Crippen molar-refractivity contribution in [1.29, 1.82) is 5.26 Å². The number of rotatable bonds is 3. The van der Waals surface area contributed by atoms with Crippen molar-refractivity contribution in [1.82, 2.24) is 0 Å².